The average molecular weight is 348 g/mol. The minimum atomic E-state index is 0.121. The number of fused-ring (bicyclic) bond motifs is 1. The number of rotatable bonds is 5. The van der Waals surface area contributed by atoms with E-state index < -0.39 is 0 Å². The molecule has 6 nitrogen and oxygen atoms in total. The van der Waals surface area contributed by atoms with E-state index in [4.69, 9.17) is 4.52 Å². The second kappa shape index (κ2) is 6.78. The van der Waals surface area contributed by atoms with Crippen molar-refractivity contribution in [1.82, 2.24) is 20.3 Å². The van der Waals surface area contributed by atoms with Crippen LogP contribution >= 0.6 is 0 Å². The van der Waals surface area contributed by atoms with E-state index in [1.807, 2.05) is 19.9 Å². The van der Waals surface area contributed by atoms with E-state index in [1.165, 1.54) is 11.1 Å². The molecule has 1 atom stereocenters. The quantitative estimate of drug-likeness (QED) is 0.654. The van der Waals surface area contributed by atoms with E-state index in [9.17, 15) is 4.79 Å². The second-order valence-corrected chi connectivity index (χ2v) is 6.73. The summed E-state index contributed by atoms with van der Waals surface area (Å²) >= 11 is 0. The first-order valence-electron chi connectivity index (χ1n) is 8.92. The summed E-state index contributed by atoms with van der Waals surface area (Å²) in [6.07, 6.45) is 4.72. The first-order valence-corrected chi connectivity index (χ1v) is 8.92. The van der Waals surface area contributed by atoms with Gasteiger partial charge in [-0.25, -0.2) is 0 Å². The van der Waals surface area contributed by atoms with Gasteiger partial charge in [0.05, 0.1) is 11.9 Å². The number of hydrogen-bond donors (Lipinski definition) is 0. The fourth-order valence-electron chi connectivity index (χ4n) is 3.54. The number of benzene rings is 1. The molecular formula is C20H20N4O2. The Labute approximate surface area is 151 Å². The summed E-state index contributed by atoms with van der Waals surface area (Å²) in [4.78, 5) is 17.0. The third-order valence-corrected chi connectivity index (χ3v) is 4.90. The molecule has 0 saturated carbocycles. The van der Waals surface area contributed by atoms with Crippen molar-refractivity contribution >= 4 is 5.78 Å². The van der Waals surface area contributed by atoms with Crippen LogP contribution in [0.15, 0.2) is 35.0 Å². The van der Waals surface area contributed by atoms with Crippen molar-refractivity contribution in [1.29, 1.82) is 0 Å². The van der Waals surface area contributed by atoms with Gasteiger partial charge in [-0.1, -0.05) is 24.2 Å². The zero-order valence-corrected chi connectivity index (χ0v) is 14.9. The van der Waals surface area contributed by atoms with E-state index in [2.05, 4.69) is 32.5 Å². The highest BCUT2D eigenvalue weighted by molar-refractivity contribution is 5.96. The maximum absolute atomic E-state index is 12.6. The lowest BCUT2D eigenvalue weighted by molar-refractivity contribution is 0.0973. The van der Waals surface area contributed by atoms with Gasteiger partial charge in [0, 0.05) is 24.0 Å². The molecule has 0 unspecified atom stereocenters. The van der Waals surface area contributed by atoms with E-state index in [0.29, 0.717) is 23.7 Å². The lowest BCUT2D eigenvalue weighted by atomic mass is 9.93. The van der Waals surface area contributed by atoms with Gasteiger partial charge < -0.3 is 4.52 Å². The summed E-state index contributed by atoms with van der Waals surface area (Å²) in [7, 11) is 0. The van der Waals surface area contributed by atoms with E-state index >= 15 is 0 Å². The largest absolute Gasteiger partial charge is 0.339 e. The van der Waals surface area contributed by atoms with Crippen LogP contribution in [0.5, 0.6) is 0 Å². The molecule has 132 valence electrons. The van der Waals surface area contributed by atoms with Crippen LogP contribution < -0.4 is 0 Å². The smallest absolute Gasteiger partial charge is 0.226 e. The molecule has 6 heteroatoms. The fourth-order valence-corrected chi connectivity index (χ4v) is 3.54. The molecule has 1 aliphatic carbocycles. The van der Waals surface area contributed by atoms with Crippen molar-refractivity contribution in [3.63, 3.8) is 0 Å². The normalized spacial score (nSPS) is 15.8. The van der Waals surface area contributed by atoms with E-state index in [-0.39, 0.29) is 11.7 Å². The number of ketones is 1. The Morgan fingerprint density at radius 2 is 2.19 bits per heavy atom. The topological polar surface area (TPSA) is 81.8 Å². The maximum atomic E-state index is 12.6. The van der Waals surface area contributed by atoms with Crippen LogP contribution in [0.1, 0.15) is 58.8 Å². The summed E-state index contributed by atoms with van der Waals surface area (Å²) in [5.41, 5.74) is 4.89. The molecule has 0 N–H and O–H groups in total. The lowest BCUT2D eigenvalue weighted by Crippen LogP contribution is -2.07. The second-order valence-electron chi connectivity index (χ2n) is 6.73. The Morgan fingerprint density at radius 1 is 1.31 bits per heavy atom. The number of Topliss-reactive ketones (excluding diaryl/α,β-unsaturated/α-hetero) is 1. The molecule has 26 heavy (non-hydrogen) atoms. The Balaban J connectivity index is 1.53. The highest BCUT2D eigenvalue weighted by Gasteiger charge is 2.26. The Morgan fingerprint density at radius 3 is 2.96 bits per heavy atom. The molecule has 0 amide bonds. The van der Waals surface area contributed by atoms with Gasteiger partial charge in [0.25, 0.3) is 0 Å². The third kappa shape index (κ3) is 3.14. The fraction of sp³-hybridized carbons (Fsp3) is 0.350. The van der Waals surface area contributed by atoms with Crippen molar-refractivity contribution in [3.05, 3.63) is 58.7 Å². The summed E-state index contributed by atoms with van der Waals surface area (Å²) in [6, 6.07) is 8.05. The van der Waals surface area contributed by atoms with E-state index in [1.54, 1.807) is 12.3 Å². The van der Waals surface area contributed by atoms with Crippen LogP contribution in [-0.2, 0) is 12.8 Å². The van der Waals surface area contributed by atoms with Crippen LogP contribution in [0, 0.1) is 6.92 Å². The first-order chi connectivity index (χ1) is 12.6. The molecule has 0 aliphatic heterocycles. The standard InChI is InChI=1S/C20H20N4O2/c1-3-19-22-20(24-26-19)15-6-7-17-13(9-15)4-5-14(17)10-18(25)16-8-12(2)23-21-11-16/h6-9,11,14H,3-5,10H2,1-2H3/t14-/m0/s1. The predicted molar refractivity (Wildman–Crippen MR) is 95.9 cm³/mol. The van der Waals surface area contributed by atoms with Gasteiger partial charge >= 0.3 is 0 Å². The molecule has 0 radical (unpaired) electrons. The van der Waals surface area contributed by atoms with E-state index in [0.717, 1.165) is 30.5 Å². The highest BCUT2D eigenvalue weighted by atomic mass is 16.5. The number of carbonyl (C=O) groups excluding carboxylic acids is 1. The maximum Gasteiger partial charge on any atom is 0.226 e. The first kappa shape index (κ1) is 16.6. The molecular weight excluding hydrogens is 328 g/mol. The Kier molecular flexibility index (Phi) is 4.32. The van der Waals surface area contributed by atoms with Crippen LogP contribution in [0.3, 0.4) is 0 Å². The number of carbonyl (C=O) groups is 1. The Hall–Kier alpha value is -2.89. The number of nitrogens with zero attached hydrogens (tertiary/aromatic N) is 4. The number of hydrogen-bond acceptors (Lipinski definition) is 6. The highest BCUT2D eigenvalue weighted by Crippen LogP contribution is 2.38. The van der Waals surface area contributed by atoms with Crippen molar-refractivity contribution in [2.45, 2.75) is 45.4 Å². The SMILES string of the molecule is CCc1nc(-c2ccc3c(c2)CC[C@H]3CC(=O)c2cnnc(C)c2)no1. The summed E-state index contributed by atoms with van der Waals surface area (Å²) in [6.45, 7) is 3.83. The lowest BCUT2D eigenvalue weighted by Gasteiger charge is -2.11. The summed E-state index contributed by atoms with van der Waals surface area (Å²) in [5.74, 6) is 1.64. The number of aryl methyl sites for hydroxylation is 3. The molecule has 1 aromatic carbocycles. The zero-order valence-electron chi connectivity index (χ0n) is 14.9. The predicted octanol–water partition coefficient (Wildman–Crippen LogP) is 3.70. The Bertz CT molecular complexity index is 964. The van der Waals surface area contributed by atoms with Crippen LogP contribution in [0.2, 0.25) is 0 Å². The molecule has 3 aromatic rings. The molecule has 2 aromatic heterocycles. The molecule has 2 heterocycles. The van der Waals surface area contributed by atoms with Crippen molar-refractivity contribution < 1.29 is 9.32 Å². The van der Waals surface area contributed by atoms with Crippen LogP contribution in [0.4, 0.5) is 0 Å². The molecule has 0 spiro atoms. The monoisotopic (exact) mass is 348 g/mol. The summed E-state index contributed by atoms with van der Waals surface area (Å²) < 4.78 is 5.20. The van der Waals surface area contributed by atoms with Crippen molar-refractivity contribution in [2.24, 2.45) is 0 Å². The third-order valence-electron chi connectivity index (χ3n) is 4.90. The van der Waals surface area contributed by atoms with Gasteiger partial charge in [0.2, 0.25) is 11.7 Å². The van der Waals surface area contributed by atoms with Crippen LogP contribution in [-0.4, -0.2) is 26.1 Å². The van der Waals surface area contributed by atoms with Gasteiger partial charge in [-0.2, -0.15) is 15.2 Å². The molecule has 1 aliphatic rings. The molecule has 0 fully saturated rings. The molecule has 0 bridgehead atoms. The minimum Gasteiger partial charge on any atom is -0.339 e. The molecule has 0 saturated heterocycles. The van der Waals surface area contributed by atoms with Crippen LogP contribution in [0.25, 0.3) is 11.4 Å². The van der Waals surface area contributed by atoms with Gasteiger partial charge in [-0.05, 0) is 48.9 Å². The number of aromatic nitrogens is 4. The van der Waals surface area contributed by atoms with Gasteiger partial charge in [-0.15, -0.1) is 0 Å². The van der Waals surface area contributed by atoms with Gasteiger partial charge in [-0.3, -0.25) is 4.79 Å². The summed E-state index contributed by atoms with van der Waals surface area (Å²) in [5, 5.41) is 11.8. The zero-order chi connectivity index (χ0) is 18.1. The average Bonchev–Trinajstić information content (AvgIpc) is 3.28. The minimum absolute atomic E-state index is 0.121. The van der Waals surface area contributed by atoms with Crippen molar-refractivity contribution in [2.75, 3.05) is 0 Å². The van der Waals surface area contributed by atoms with Gasteiger partial charge in [0.15, 0.2) is 5.78 Å². The molecule has 4 rings (SSSR count). The van der Waals surface area contributed by atoms with Crippen molar-refractivity contribution in [3.8, 4) is 11.4 Å². The van der Waals surface area contributed by atoms with Gasteiger partial charge in [0.1, 0.15) is 0 Å².